The number of anilines is 2. The number of cyclic esters (lactones) is 1. The Morgan fingerprint density at radius 1 is 1.22 bits per heavy atom. The van der Waals surface area contributed by atoms with Crippen molar-refractivity contribution >= 4 is 17.5 Å². The number of para-hydroxylation sites is 1. The maximum absolute atomic E-state index is 13.3. The Morgan fingerprint density at radius 2 is 1.96 bits per heavy atom. The lowest BCUT2D eigenvalue weighted by Gasteiger charge is -2.36. The number of alkyl halides is 3. The predicted octanol–water partition coefficient (Wildman–Crippen LogP) is 3.34. The molecule has 0 aliphatic carbocycles. The van der Waals surface area contributed by atoms with E-state index < -0.39 is 24.1 Å². The van der Waals surface area contributed by atoms with Crippen LogP contribution in [0.15, 0.2) is 42.6 Å². The Hall–Kier alpha value is -2.61. The summed E-state index contributed by atoms with van der Waals surface area (Å²) < 4.78 is 50.0. The number of esters is 1. The molecule has 5 nitrogen and oxygen atoms in total. The van der Waals surface area contributed by atoms with Crippen molar-refractivity contribution in [2.45, 2.75) is 12.6 Å². The molecule has 1 aromatic heterocycles. The average Bonchev–Trinajstić information content (AvgIpc) is 2.54. The van der Waals surface area contributed by atoms with Gasteiger partial charge in [-0.15, -0.1) is 0 Å². The normalized spacial score (nSPS) is 17.7. The first kappa shape index (κ1) is 15.3. The predicted molar refractivity (Wildman–Crippen MR) is 74.0 cm³/mol. The van der Waals surface area contributed by atoms with Crippen LogP contribution in [0.2, 0.25) is 0 Å². The number of pyridine rings is 1. The second-order valence-corrected chi connectivity index (χ2v) is 4.71. The van der Waals surface area contributed by atoms with E-state index in [1.54, 1.807) is 0 Å². The lowest BCUT2D eigenvalue weighted by atomic mass is 10.1. The number of halogens is 3. The van der Waals surface area contributed by atoms with Crippen molar-refractivity contribution in [3.63, 3.8) is 0 Å². The Labute approximate surface area is 129 Å². The van der Waals surface area contributed by atoms with Gasteiger partial charge in [-0.3, -0.25) is 4.90 Å². The van der Waals surface area contributed by atoms with Crippen LogP contribution in [0.3, 0.4) is 0 Å². The maximum Gasteiger partial charge on any atom is 0.418 e. The SMILES string of the molecule is COC1OC(=O)c2cccnc2N1c1ccccc1C(F)(F)F. The highest BCUT2D eigenvalue weighted by atomic mass is 19.4. The van der Waals surface area contributed by atoms with E-state index >= 15 is 0 Å². The van der Waals surface area contributed by atoms with Gasteiger partial charge in [0.1, 0.15) is 5.56 Å². The molecule has 0 fully saturated rings. The number of carbonyl (C=O) groups excluding carboxylic acids is 1. The van der Waals surface area contributed by atoms with Crippen molar-refractivity contribution in [2.24, 2.45) is 0 Å². The minimum atomic E-state index is -4.58. The summed E-state index contributed by atoms with van der Waals surface area (Å²) in [6.07, 6.45) is -4.54. The number of hydrogen-bond donors (Lipinski definition) is 0. The van der Waals surface area contributed by atoms with Crippen molar-refractivity contribution in [2.75, 3.05) is 12.0 Å². The van der Waals surface area contributed by atoms with Gasteiger partial charge in [-0.05, 0) is 24.3 Å². The number of aromatic nitrogens is 1. The van der Waals surface area contributed by atoms with E-state index in [-0.39, 0.29) is 17.1 Å². The quantitative estimate of drug-likeness (QED) is 0.793. The van der Waals surface area contributed by atoms with Gasteiger partial charge in [-0.1, -0.05) is 12.1 Å². The van der Waals surface area contributed by atoms with Gasteiger partial charge in [-0.25, -0.2) is 9.78 Å². The van der Waals surface area contributed by atoms with E-state index in [1.165, 1.54) is 43.6 Å². The topological polar surface area (TPSA) is 51.7 Å². The van der Waals surface area contributed by atoms with Crippen LogP contribution in [-0.2, 0) is 15.7 Å². The fraction of sp³-hybridized carbons (Fsp3) is 0.200. The van der Waals surface area contributed by atoms with Crippen molar-refractivity contribution in [3.05, 3.63) is 53.7 Å². The van der Waals surface area contributed by atoms with Crippen LogP contribution in [-0.4, -0.2) is 24.5 Å². The van der Waals surface area contributed by atoms with E-state index in [9.17, 15) is 18.0 Å². The Kier molecular flexibility index (Phi) is 3.69. The summed E-state index contributed by atoms with van der Waals surface area (Å²) in [5.74, 6) is -0.659. The first-order chi connectivity index (χ1) is 10.9. The molecule has 0 saturated heterocycles. The third kappa shape index (κ3) is 2.61. The average molecular weight is 324 g/mol. The fourth-order valence-electron chi connectivity index (χ4n) is 2.36. The molecular weight excluding hydrogens is 313 g/mol. The lowest BCUT2D eigenvalue weighted by molar-refractivity contribution is -0.137. The Balaban J connectivity index is 2.22. The lowest BCUT2D eigenvalue weighted by Crippen LogP contribution is -2.43. The number of benzene rings is 1. The van der Waals surface area contributed by atoms with Gasteiger partial charge < -0.3 is 9.47 Å². The maximum atomic E-state index is 13.3. The van der Waals surface area contributed by atoms with Gasteiger partial charge in [0.05, 0.1) is 11.3 Å². The molecule has 0 spiro atoms. The monoisotopic (exact) mass is 324 g/mol. The molecule has 1 atom stereocenters. The van der Waals surface area contributed by atoms with Gasteiger partial charge in [0.2, 0.25) is 0 Å². The molecule has 3 rings (SSSR count). The van der Waals surface area contributed by atoms with Gasteiger partial charge in [0, 0.05) is 13.3 Å². The fourth-order valence-corrected chi connectivity index (χ4v) is 2.36. The van der Waals surface area contributed by atoms with E-state index in [2.05, 4.69) is 4.98 Å². The smallest absolute Gasteiger partial charge is 0.412 e. The number of ether oxygens (including phenoxy) is 2. The molecule has 0 bridgehead atoms. The number of fused-ring (bicyclic) bond motifs is 1. The van der Waals surface area contributed by atoms with E-state index in [1.807, 2.05) is 0 Å². The highest BCUT2D eigenvalue weighted by Crippen LogP contribution is 2.42. The minimum Gasteiger partial charge on any atom is -0.412 e. The standard InChI is InChI=1S/C15H11F3N2O3/c1-22-14-20(11-7-3-2-6-10(11)15(16,17)18)12-9(13(21)23-14)5-4-8-19-12/h2-8,14H,1H3. The number of methoxy groups -OCH3 is 1. The van der Waals surface area contributed by atoms with Gasteiger partial charge in [0.15, 0.2) is 5.82 Å². The molecule has 0 radical (unpaired) electrons. The molecule has 1 unspecified atom stereocenters. The number of nitrogens with zero attached hydrogens (tertiary/aromatic N) is 2. The zero-order valence-corrected chi connectivity index (χ0v) is 11.9. The largest absolute Gasteiger partial charge is 0.418 e. The van der Waals surface area contributed by atoms with Crippen LogP contribution >= 0.6 is 0 Å². The van der Waals surface area contributed by atoms with Crippen LogP contribution in [0.25, 0.3) is 0 Å². The molecule has 120 valence electrons. The number of rotatable bonds is 2. The van der Waals surface area contributed by atoms with Gasteiger partial charge in [-0.2, -0.15) is 13.2 Å². The molecular formula is C15H11F3N2O3. The van der Waals surface area contributed by atoms with Crippen molar-refractivity contribution in [1.29, 1.82) is 0 Å². The van der Waals surface area contributed by atoms with Crippen molar-refractivity contribution in [3.8, 4) is 0 Å². The van der Waals surface area contributed by atoms with Crippen molar-refractivity contribution < 1.29 is 27.4 Å². The van der Waals surface area contributed by atoms with Crippen LogP contribution in [0.5, 0.6) is 0 Å². The summed E-state index contributed by atoms with van der Waals surface area (Å²) in [6.45, 7) is 0. The second-order valence-electron chi connectivity index (χ2n) is 4.71. The minimum absolute atomic E-state index is 0.0484. The molecule has 2 aromatic rings. The molecule has 0 saturated carbocycles. The highest BCUT2D eigenvalue weighted by Gasteiger charge is 2.41. The third-order valence-electron chi connectivity index (χ3n) is 3.32. The Morgan fingerprint density at radius 3 is 2.65 bits per heavy atom. The summed E-state index contributed by atoms with van der Waals surface area (Å²) in [5, 5.41) is 0. The number of hydrogen-bond acceptors (Lipinski definition) is 5. The highest BCUT2D eigenvalue weighted by molar-refractivity contribution is 5.97. The van der Waals surface area contributed by atoms with Crippen LogP contribution in [0.1, 0.15) is 15.9 Å². The summed E-state index contributed by atoms with van der Waals surface area (Å²) in [4.78, 5) is 17.1. The summed E-state index contributed by atoms with van der Waals surface area (Å²) in [7, 11) is 1.23. The van der Waals surface area contributed by atoms with Crippen LogP contribution in [0, 0.1) is 0 Å². The van der Waals surface area contributed by atoms with Gasteiger partial charge in [0.25, 0.3) is 6.41 Å². The summed E-state index contributed by atoms with van der Waals surface area (Å²) in [5.41, 5.74) is -1.02. The van der Waals surface area contributed by atoms with Crippen molar-refractivity contribution in [1.82, 2.24) is 4.98 Å². The number of carbonyl (C=O) groups is 1. The molecule has 8 heteroatoms. The summed E-state index contributed by atoms with van der Waals surface area (Å²) >= 11 is 0. The van der Waals surface area contributed by atoms with Crippen LogP contribution in [0.4, 0.5) is 24.7 Å². The van der Waals surface area contributed by atoms with Gasteiger partial charge >= 0.3 is 12.1 Å². The molecule has 0 N–H and O–H groups in total. The Bertz CT molecular complexity index is 749. The van der Waals surface area contributed by atoms with E-state index in [0.29, 0.717) is 0 Å². The second kappa shape index (κ2) is 5.54. The van der Waals surface area contributed by atoms with E-state index in [0.717, 1.165) is 11.0 Å². The zero-order valence-electron chi connectivity index (χ0n) is 11.9. The van der Waals surface area contributed by atoms with Crippen LogP contribution < -0.4 is 4.90 Å². The molecule has 1 aliphatic rings. The summed E-state index contributed by atoms with van der Waals surface area (Å²) in [6, 6.07) is 7.88. The molecule has 23 heavy (non-hydrogen) atoms. The third-order valence-corrected chi connectivity index (χ3v) is 3.32. The zero-order chi connectivity index (χ0) is 16.6. The molecule has 2 heterocycles. The molecule has 1 aliphatic heterocycles. The van der Waals surface area contributed by atoms with E-state index in [4.69, 9.17) is 9.47 Å². The molecule has 0 amide bonds. The first-order valence-electron chi connectivity index (χ1n) is 6.57. The first-order valence-corrected chi connectivity index (χ1v) is 6.57. The molecule has 1 aromatic carbocycles.